The average molecular weight is 552 g/mol. The number of anilines is 1. The van der Waals surface area contributed by atoms with Gasteiger partial charge in [0.15, 0.2) is 11.5 Å². The number of benzene rings is 3. The van der Waals surface area contributed by atoms with E-state index in [4.69, 9.17) is 14.6 Å². The Morgan fingerprint density at radius 3 is 2.53 bits per heavy atom. The lowest BCUT2D eigenvalue weighted by Gasteiger charge is -2.16. The quantitative estimate of drug-likeness (QED) is 0.164. The number of carboxylic acid groups (broad SMARTS) is 1. The standard InChI is InChI=1S/C27H26BrN3O5/c1-4-5-21-13-19(15-29-31-27(34)30-22-10-11-23(28)17(2)12-22)14-24(35-3)25(21)36-16-18-6-8-20(9-7-18)26(32)33/h4,6-15H,1,5,16H2,2-3H3,(H,32,33)(H2,30,31,34)/b29-15+. The number of carbonyl (C=O) groups is 2. The summed E-state index contributed by atoms with van der Waals surface area (Å²) in [5.41, 5.74) is 6.64. The predicted molar refractivity (Wildman–Crippen MR) is 143 cm³/mol. The molecule has 9 heteroatoms. The van der Waals surface area contributed by atoms with Crippen LogP contribution in [0.25, 0.3) is 0 Å². The first-order valence-electron chi connectivity index (χ1n) is 10.9. The summed E-state index contributed by atoms with van der Waals surface area (Å²) in [7, 11) is 1.54. The highest BCUT2D eigenvalue weighted by Gasteiger charge is 2.13. The number of hydrazone groups is 1. The van der Waals surface area contributed by atoms with Gasteiger partial charge in [-0.05, 0) is 72.5 Å². The lowest BCUT2D eigenvalue weighted by atomic mass is 10.1. The molecule has 0 spiro atoms. The van der Waals surface area contributed by atoms with E-state index < -0.39 is 12.0 Å². The van der Waals surface area contributed by atoms with Gasteiger partial charge in [0, 0.05) is 15.7 Å². The Morgan fingerprint density at radius 1 is 1.14 bits per heavy atom. The molecule has 0 fully saturated rings. The second-order valence-corrected chi connectivity index (χ2v) is 8.64. The Hall–Kier alpha value is -4.11. The third kappa shape index (κ3) is 7.19. The number of allylic oxidation sites excluding steroid dienone is 1. The van der Waals surface area contributed by atoms with E-state index in [2.05, 4.69) is 38.4 Å². The summed E-state index contributed by atoms with van der Waals surface area (Å²) in [6, 6.07) is 15.1. The first-order valence-corrected chi connectivity index (χ1v) is 11.7. The lowest BCUT2D eigenvalue weighted by Crippen LogP contribution is -2.24. The van der Waals surface area contributed by atoms with E-state index in [1.165, 1.54) is 25.5 Å². The number of halogens is 1. The fourth-order valence-electron chi connectivity index (χ4n) is 3.33. The maximum Gasteiger partial charge on any atom is 0.339 e. The van der Waals surface area contributed by atoms with Crippen molar-refractivity contribution in [2.24, 2.45) is 5.10 Å². The van der Waals surface area contributed by atoms with E-state index in [1.54, 1.807) is 30.3 Å². The second kappa shape index (κ2) is 12.6. The van der Waals surface area contributed by atoms with Gasteiger partial charge in [-0.25, -0.2) is 15.0 Å². The number of carbonyl (C=O) groups excluding carboxylic acids is 1. The van der Waals surface area contributed by atoms with Gasteiger partial charge in [-0.1, -0.05) is 34.1 Å². The van der Waals surface area contributed by atoms with Crippen LogP contribution in [0.3, 0.4) is 0 Å². The van der Waals surface area contributed by atoms with Crippen LogP contribution < -0.4 is 20.2 Å². The minimum absolute atomic E-state index is 0.210. The van der Waals surface area contributed by atoms with Crippen LogP contribution in [0.5, 0.6) is 11.5 Å². The number of hydrogen-bond acceptors (Lipinski definition) is 5. The molecule has 186 valence electrons. The monoisotopic (exact) mass is 551 g/mol. The number of hydrogen-bond donors (Lipinski definition) is 3. The summed E-state index contributed by atoms with van der Waals surface area (Å²) in [4.78, 5) is 23.2. The number of urea groups is 1. The zero-order valence-corrected chi connectivity index (χ0v) is 21.5. The summed E-state index contributed by atoms with van der Waals surface area (Å²) >= 11 is 3.43. The smallest absolute Gasteiger partial charge is 0.339 e. The number of rotatable bonds is 10. The Kier molecular flexibility index (Phi) is 9.24. The van der Waals surface area contributed by atoms with Gasteiger partial charge >= 0.3 is 12.0 Å². The highest BCUT2D eigenvalue weighted by Crippen LogP contribution is 2.34. The van der Waals surface area contributed by atoms with Gasteiger partial charge in [-0.15, -0.1) is 6.58 Å². The molecule has 0 heterocycles. The molecule has 0 radical (unpaired) electrons. The third-order valence-corrected chi connectivity index (χ3v) is 6.01. The molecule has 3 aromatic carbocycles. The Bertz CT molecular complexity index is 1290. The summed E-state index contributed by atoms with van der Waals surface area (Å²) < 4.78 is 12.5. The van der Waals surface area contributed by atoms with Gasteiger partial charge in [0.25, 0.3) is 0 Å². The number of carboxylic acids is 1. The number of ether oxygens (including phenoxy) is 2. The number of aryl methyl sites for hydroxylation is 1. The van der Waals surface area contributed by atoms with E-state index in [9.17, 15) is 9.59 Å². The van der Waals surface area contributed by atoms with E-state index in [1.807, 2.05) is 25.1 Å². The van der Waals surface area contributed by atoms with Crippen LogP contribution in [0.15, 0.2) is 76.8 Å². The number of amides is 2. The summed E-state index contributed by atoms with van der Waals surface area (Å²) in [5, 5.41) is 15.8. The maximum atomic E-state index is 12.2. The average Bonchev–Trinajstić information content (AvgIpc) is 2.85. The number of nitrogens with one attached hydrogen (secondary N) is 2. The Balaban J connectivity index is 1.70. The van der Waals surface area contributed by atoms with Crippen LogP contribution in [0.4, 0.5) is 10.5 Å². The second-order valence-electron chi connectivity index (χ2n) is 7.78. The minimum Gasteiger partial charge on any atom is -0.493 e. The Morgan fingerprint density at radius 2 is 1.89 bits per heavy atom. The van der Waals surface area contributed by atoms with Gasteiger partial charge in [0.2, 0.25) is 0 Å². The van der Waals surface area contributed by atoms with Crippen molar-refractivity contribution in [1.82, 2.24) is 5.43 Å². The van der Waals surface area contributed by atoms with Crippen molar-refractivity contribution in [1.29, 1.82) is 0 Å². The molecule has 0 bridgehead atoms. The first kappa shape index (κ1) is 26.5. The number of methoxy groups -OCH3 is 1. The fraction of sp³-hybridized carbons (Fsp3) is 0.148. The molecular formula is C27H26BrN3O5. The van der Waals surface area contributed by atoms with E-state index in [0.717, 1.165) is 21.2 Å². The number of nitrogens with zero attached hydrogens (tertiary/aromatic N) is 1. The van der Waals surface area contributed by atoms with Crippen LogP contribution in [-0.2, 0) is 13.0 Å². The van der Waals surface area contributed by atoms with Crippen molar-refractivity contribution in [2.75, 3.05) is 12.4 Å². The van der Waals surface area contributed by atoms with Crippen molar-refractivity contribution in [3.05, 3.63) is 99.5 Å². The molecule has 0 aliphatic heterocycles. The van der Waals surface area contributed by atoms with E-state index in [0.29, 0.717) is 29.2 Å². The van der Waals surface area contributed by atoms with E-state index >= 15 is 0 Å². The fourth-order valence-corrected chi connectivity index (χ4v) is 3.57. The maximum absolute atomic E-state index is 12.2. The van der Waals surface area contributed by atoms with Crippen LogP contribution >= 0.6 is 15.9 Å². The number of aromatic carboxylic acids is 1. The molecule has 3 rings (SSSR count). The molecule has 3 N–H and O–H groups in total. The summed E-state index contributed by atoms with van der Waals surface area (Å²) in [5.74, 6) is 0.0611. The summed E-state index contributed by atoms with van der Waals surface area (Å²) in [6.45, 7) is 5.97. The molecule has 0 saturated carbocycles. The minimum atomic E-state index is -0.981. The zero-order chi connectivity index (χ0) is 26.1. The third-order valence-electron chi connectivity index (χ3n) is 5.12. The molecule has 0 atom stereocenters. The first-order chi connectivity index (χ1) is 17.3. The molecule has 36 heavy (non-hydrogen) atoms. The molecule has 0 aliphatic rings. The van der Waals surface area contributed by atoms with Gasteiger partial charge in [-0.2, -0.15) is 5.10 Å². The highest BCUT2D eigenvalue weighted by molar-refractivity contribution is 9.10. The SMILES string of the molecule is C=CCc1cc(/C=N/NC(=O)Nc2ccc(Br)c(C)c2)cc(OC)c1OCc1ccc(C(=O)O)cc1. The van der Waals surface area contributed by atoms with Crippen LogP contribution in [0.1, 0.15) is 32.6 Å². The molecule has 2 amide bonds. The van der Waals surface area contributed by atoms with Crippen molar-refractivity contribution < 1.29 is 24.2 Å². The summed E-state index contributed by atoms with van der Waals surface area (Å²) in [6.07, 6.45) is 3.77. The molecule has 3 aromatic rings. The van der Waals surface area contributed by atoms with Gasteiger partial charge in [0.05, 0.1) is 18.9 Å². The van der Waals surface area contributed by atoms with Crippen molar-refractivity contribution in [3.8, 4) is 11.5 Å². The molecular weight excluding hydrogens is 526 g/mol. The van der Waals surface area contributed by atoms with Crippen molar-refractivity contribution in [3.63, 3.8) is 0 Å². The van der Waals surface area contributed by atoms with E-state index in [-0.39, 0.29) is 12.2 Å². The van der Waals surface area contributed by atoms with Crippen LogP contribution in [0.2, 0.25) is 0 Å². The molecule has 0 aliphatic carbocycles. The molecule has 0 unspecified atom stereocenters. The van der Waals surface area contributed by atoms with Gasteiger partial charge in [0.1, 0.15) is 6.61 Å². The molecule has 0 aromatic heterocycles. The highest BCUT2D eigenvalue weighted by atomic mass is 79.9. The van der Waals surface area contributed by atoms with Crippen molar-refractivity contribution >= 4 is 39.8 Å². The Labute approximate surface area is 217 Å². The molecule has 0 saturated heterocycles. The largest absolute Gasteiger partial charge is 0.493 e. The zero-order valence-electron chi connectivity index (χ0n) is 19.9. The van der Waals surface area contributed by atoms with Gasteiger partial charge < -0.3 is 19.9 Å². The lowest BCUT2D eigenvalue weighted by molar-refractivity contribution is 0.0696. The topological polar surface area (TPSA) is 109 Å². The normalized spacial score (nSPS) is 10.6. The predicted octanol–water partition coefficient (Wildman–Crippen LogP) is 5.93. The van der Waals surface area contributed by atoms with Crippen LogP contribution in [0, 0.1) is 6.92 Å². The van der Waals surface area contributed by atoms with Crippen molar-refractivity contribution in [2.45, 2.75) is 20.0 Å². The molecule has 8 nitrogen and oxygen atoms in total. The van der Waals surface area contributed by atoms with Gasteiger partial charge in [-0.3, -0.25) is 0 Å². The van der Waals surface area contributed by atoms with Crippen LogP contribution in [-0.4, -0.2) is 30.4 Å².